The minimum absolute atomic E-state index is 0.345. The van der Waals surface area contributed by atoms with Gasteiger partial charge < -0.3 is 18.8 Å². The molecule has 2 heterocycles. The molecule has 0 N–H and O–H groups in total. The second-order valence-corrected chi connectivity index (χ2v) is 7.16. The molecule has 1 aliphatic rings. The van der Waals surface area contributed by atoms with Gasteiger partial charge in [-0.2, -0.15) is 0 Å². The number of hydrogen-bond acceptors (Lipinski definition) is 6. The number of anilines is 1. The summed E-state index contributed by atoms with van der Waals surface area (Å²) in [6.07, 6.45) is 0.950. The van der Waals surface area contributed by atoms with Crippen molar-refractivity contribution in [2.75, 3.05) is 51.3 Å². The number of fused-ring (bicyclic) bond motifs is 1. The van der Waals surface area contributed by atoms with Crippen LogP contribution in [0.5, 0.6) is 11.5 Å². The maximum atomic E-state index is 11.4. The highest BCUT2D eigenvalue weighted by molar-refractivity contribution is 5.77. The summed E-state index contributed by atoms with van der Waals surface area (Å²) in [5.41, 5.74) is 1.38. The van der Waals surface area contributed by atoms with E-state index < -0.39 is 0 Å². The number of nitrogens with zero attached hydrogens (tertiary/aromatic N) is 2. The van der Waals surface area contributed by atoms with Crippen LogP contribution in [-0.2, 0) is 0 Å². The van der Waals surface area contributed by atoms with Gasteiger partial charge in [-0.05, 0) is 36.8 Å². The fourth-order valence-electron chi connectivity index (χ4n) is 3.71. The molecule has 3 aromatic rings. The summed E-state index contributed by atoms with van der Waals surface area (Å²) in [6, 6.07) is 17.0. The molecule has 6 nitrogen and oxygen atoms in total. The van der Waals surface area contributed by atoms with Crippen molar-refractivity contribution in [3.8, 4) is 11.5 Å². The fraction of sp³-hybridized carbons (Fsp3) is 0.348. The summed E-state index contributed by atoms with van der Waals surface area (Å²) in [5, 5.41) is 0.893. The third-order valence-electron chi connectivity index (χ3n) is 5.28. The molecule has 1 aliphatic heterocycles. The molecule has 0 atom stereocenters. The first kappa shape index (κ1) is 19.3. The monoisotopic (exact) mass is 394 g/mol. The first-order chi connectivity index (χ1) is 14.2. The number of para-hydroxylation sites is 2. The molecular weight excluding hydrogens is 368 g/mol. The van der Waals surface area contributed by atoms with Crippen LogP contribution in [-0.4, -0.2) is 51.3 Å². The van der Waals surface area contributed by atoms with Crippen LogP contribution in [0.1, 0.15) is 6.42 Å². The minimum Gasteiger partial charge on any atom is -0.495 e. The smallest absolute Gasteiger partial charge is 0.336 e. The lowest BCUT2D eigenvalue weighted by molar-refractivity contribution is 0.224. The standard InChI is InChI=1S/C23H26N2O4/c1-27-21-6-3-2-5-20(21)25-14-12-24(13-15-25)11-4-16-28-19-9-7-18-8-10-23(26)29-22(18)17-19/h2-3,5-10,17H,4,11-16H2,1H3. The van der Waals surface area contributed by atoms with E-state index in [1.165, 1.54) is 11.8 Å². The van der Waals surface area contributed by atoms with E-state index in [2.05, 4.69) is 21.9 Å². The van der Waals surface area contributed by atoms with Gasteiger partial charge >= 0.3 is 5.63 Å². The quantitative estimate of drug-likeness (QED) is 0.452. The lowest BCUT2D eigenvalue weighted by Crippen LogP contribution is -2.46. The molecule has 29 heavy (non-hydrogen) atoms. The molecule has 1 aromatic heterocycles. The summed E-state index contributed by atoms with van der Waals surface area (Å²) in [5.74, 6) is 1.66. The molecule has 0 bridgehead atoms. The van der Waals surface area contributed by atoms with Crippen LogP contribution in [0.25, 0.3) is 11.0 Å². The Kier molecular flexibility index (Phi) is 6.00. The Morgan fingerprint density at radius 2 is 1.79 bits per heavy atom. The molecule has 0 radical (unpaired) electrons. The van der Waals surface area contributed by atoms with Gasteiger partial charge in [0, 0.05) is 50.2 Å². The molecular formula is C23H26N2O4. The Bertz CT molecular complexity index is 1010. The average Bonchev–Trinajstić information content (AvgIpc) is 2.77. The topological polar surface area (TPSA) is 55.2 Å². The second-order valence-electron chi connectivity index (χ2n) is 7.16. The van der Waals surface area contributed by atoms with Gasteiger partial charge in [0.15, 0.2) is 0 Å². The Hall–Kier alpha value is -2.99. The van der Waals surface area contributed by atoms with E-state index in [1.807, 2.05) is 24.3 Å². The van der Waals surface area contributed by atoms with Crippen molar-refractivity contribution >= 4 is 16.7 Å². The number of benzene rings is 2. The van der Waals surface area contributed by atoms with E-state index in [4.69, 9.17) is 13.9 Å². The molecule has 2 aromatic carbocycles. The van der Waals surface area contributed by atoms with E-state index in [-0.39, 0.29) is 5.63 Å². The third kappa shape index (κ3) is 4.71. The molecule has 6 heteroatoms. The number of hydrogen-bond donors (Lipinski definition) is 0. The molecule has 0 aliphatic carbocycles. The normalized spacial score (nSPS) is 14.9. The molecule has 1 saturated heterocycles. The van der Waals surface area contributed by atoms with E-state index >= 15 is 0 Å². The predicted octanol–water partition coefficient (Wildman–Crippen LogP) is 3.39. The summed E-state index contributed by atoms with van der Waals surface area (Å²) in [4.78, 5) is 16.2. The third-order valence-corrected chi connectivity index (χ3v) is 5.28. The van der Waals surface area contributed by atoms with E-state index in [1.54, 1.807) is 19.2 Å². The highest BCUT2D eigenvalue weighted by Gasteiger charge is 2.19. The maximum absolute atomic E-state index is 11.4. The molecule has 1 fully saturated rings. The summed E-state index contributed by atoms with van der Waals surface area (Å²) in [6.45, 7) is 5.67. The van der Waals surface area contributed by atoms with Gasteiger partial charge in [0.25, 0.3) is 0 Å². The van der Waals surface area contributed by atoms with Gasteiger partial charge in [-0.1, -0.05) is 12.1 Å². The van der Waals surface area contributed by atoms with Crippen LogP contribution in [0.15, 0.2) is 63.8 Å². The highest BCUT2D eigenvalue weighted by atomic mass is 16.5. The average molecular weight is 394 g/mol. The lowest BCUT2D eigenvalue weighted by Gasteiger charge is -2.36. The van der Waals surface area contributed by atoms with Crippen molar-refractivity contribution in [3.63, 3.8) is 0 Å². The van der Waals surface area contributed by atoms with Gasteiger partial charge in [0.1, 0.15) is 17.1 Å². The van der Waals surface area contributed by atoms with Gasteiger partial charge in [-0.3, -0.25) is 4.90 Å². The number of piperazine rings is 1. The largest absolute Gasteiger partial charge is 0.495 e. The summed E-state index contributed by atoms with van der Waals surface area (Å²) < 4.78 is 16.5. The number of rotatable bonds is 7. The van der Waals surface area contributed by atoms with Crippen LogP contribution < -0.4 is 20.0 Å². The Morgan fingerprint density at radius 3 is 2.62 bits per heavy atom. The predicted molar refractivity (Wildman–Crippen MR) is 114 cm³/mol. The van der Waals surface area contributed by atoms with Crippen molar-refractivity contribution < 1.29 is 13.9 Å². The molecule has 0 amide bonds. The van der Waals surface area contributed by atoms with Crippen LogP contribution in [0.2, 0.25) is 0 Å². The van der Waals surface area contributed by atoms with Gasteiger partial charge in [-0.25, -0.2) is 4.79 Å². The molecule has 0 spiro atoms. The lowest BCUT2D eigenvalue weighted by atomic mass is 10.2. The highest BCUT2D eigenvalue weighted by Crippen LogP contribution is 2.28. The summed E-state index contributed by atoms with van der Waals surface area (Å²) in [7, 11) is 1.72. The Morgan fingerprint density at radius 1 is 1.00 bits per heavy atom. The minimum atomic E-state index is -0.345. The van der Waals surface area contributed by atoms with Crippen LogP contribution in [0.3, 0.4) is 0 Å². The Labute approximate surface area is 170 Å². The van der Waals surface area contributed by atoms with Crippen LogP contribution in [0.4, 0.5) is 5.69 Å². The first-order valence-electron chi connectivity index (χ1n) is 10.00. The van der Waals surface area contributed by atoms with Gasteiger partial charge in [-0.15, -0.1) is 0 Å². The van der Waals surface area contributed by atoms with E-state index in [9.17, 15) is 4.79 Å². The zero-order valence-corrected chi connectivity index (χ0v) is 16.7. The SMILES string of the molecule is COc1ccccc1N1CCN(CCCOc2ccc3ccc(=O)oc3c2)CC1. The summed E-state index contributed by atoms with van der Waals surface area (Å²) >= 11 is 0. The molecule has 152 valence electrons. The van der Waals surface area contributed by atoms with Crippen molar-refractivity contribution in [2.24, 2.45) is 0 Å². The molecule has 0 unspecified atom stereocenters. The fourth-order valence-corrected chi connectivity index (χ4v) is 3.71. The van der Waals surface area contributed by atoms with Crippen molar-refractivity contribution in [3.05, 3.63) is 65.0 Å². The van der Waals surface area contributed by atoms with Crippen LogP contribution in [0, 0.1) is 0 Å². The van der Waals surface area contributed by atoms with Crippen LogP contribution >= 0.6 is 0 Å². The number of methoxy groups -OCH3 is 1. The Balaban J connectivity index is 1.22. The van der Waals surface area contributed by atoms with Gasteiger partial charge in [0.05, 0.1) is 19.4 Å². The van der Waals surface area contributed by atoms with E-state index in [0.29, 0.717) is 12.2 Å². The van der Waals surface area contributed by atoms with Crippen molar-refractivity contribution in [1.82, 2.24) is 4.90 Å². The van der Waals surface area contributed by atoms with Crippen molar-refractivity contribution in [2.45, 2.75) is 6.42 Å². The number of ether oxygens (including phenoxy) is 2. The van der Waals surface area contributed by atoms with Crippen molar-refractivity contribution in [1.29, 1.82) is 0 Å². The zero-order valence-electron chi connectivity index (χ0n) is 16.7. The second kappa shape index (κ2) is 9.01. The van der Waals surface area contributed by atoms with E-state index in [0.717, 1.165) is 56.0 Å². The molecule has 0 saturated carbocycles. The first-order valence-corrected chi connectivity index (χ1v) is 10.00. The maximum Gasteiger partial charge on any atom is 0.336 e. The van der Waals surface area contributed by atoms with Gasteiger partial charge in [0.2, 0.25) is 0 Å². The zero-order chi connectivity index (χ0) is 20.1. The molecule has 4 rings (SSSR count).